The quantitative estimate of drug-likeness (QED) is 0.801. The Labute approximate surface area is 129 Å². The number of nitrogens with zero attached hydrogens (tertiary/aromatic N) is 1. The molecule has 0 unspecified atom stereocenters. The Morgan fingerprint density at radius 3 is 2.59 bits per heavy atom. The number of carbonyl (C=O) groups is 2. The molecule has 0 N–H and O–H groups in total. The third-order valence-electron chi connectivity index (χ3n) is 3.79. The van der Waals surface area contributed by atoms with E-state index in [4.69, 9.17) is 9.47 Å². The number of benzene rings is 1. The Kier molecular flexibility index (Phi) is 5.35. The zero-order valence-corrected chi connectivity index (χ0v) is 12.8. The van der Waals surface area contributed by atoms with E-state index in [1.54, 1.807) is 11.8 Å². The van der Waals surface area contributed by atoms with Crippen molar-refractivity contribution in [2.45, 2.75) is 19.8 Å². The van der Waals surface area contributed by atoms with E-state index in [0.29, 0.717) is 38.1 Å². The van der Waals surface area contributed by atoms with Crippen molar-refractivity contribution < 1.29 is 23.5 Å². The minimum Gasteiger partial charge on any atom is -0.493 e. The molecule has 5 nitrogen and oxygen atoms in total. The number of carbonyl (C=O) groups excluding carboxylic acids is 2. The molecule has 1 aliphatic heterocycles. The van der Waals surface area contributed by atoms with E-state index in [1.807, 2.05) is 0 Å². The van der Waals surface area contributed by atoms with Crippen molar-refractivity contribution >= 4 is 11.9 Å². The highest BCUT2D eigenvalue weighted by atomic mass is 19.1. The summed E-state index contributed by atoms with van der Waals surface area (Å²) in [4.78, 5) is 25.7. The fourth-order valence-corrected chi connectivity index (χ4v) is 2.60. The highest BCUT2D eigenvalue weighted by Gasteiger charge is 2.29. The molecular weight excluding hydrogens is 289 g/mol. The fourth-order valence-electron chi connectivity index (χ4n) is 2.60. The van der Waals surface area contributed by atoms with Gasteiger partial charge in [0.2, 0.25) is 0 Å². The van der Waals surface area contributed by atoms with Crippen LogP contribution in [0.25, 0.3) is 0 Å². The van der Waals surface area contributed by atoms with E-state index in [9.17, 15) is 14.0 Å². The van der Waals surface area contributed by atoms with Crippen molar-refractivity contribution in [2.75, 3.05) is 26.8 Å². The highest BCUT2D eigenvalue weighted by Crippen LogP contribution is 2.25. The van der Waals surface area contributed by atoms with Crippen LogP contribution in [-0.2, 0) is 9.53 Å². The molecule has 1 saturated heterocycles. The van der Waals surface area contributed by atoms with E-state index in [0.717, 1.165) is 0 Å². The van der Waals surface area contributed by atoms with Crippen molar-refractivity contribution in [2.24, 2.45) is 5.92 Å². The summed E-state index contributed by atoms with van der Waals surface area (Å²) in [6.07, 6.45) is 1.15. The third-order valence-corrected chi connectivity index (χ3v) is 3.79. The second-order valence-electron chi connectivity index (χ2n) is 5.16. The van der Waals surface area contributed by atoms with Gasteiger partial charge in [-0.05, 0) is 31.9 Å². The first-order chi connectivity index (χ1) is 10.6. The first-order valence-electron chi connectivity index (χ1n) is 7.36. The molecule has 0 aliphatic carbocycles. The zero-order valence-electron chi connectivity index (χ0n) is 12.8. The Bertz CT molecular complexity index is 553. The molecule has 1 aliphatic rings. The van der Waals surface area contributed by atoms with Crippen LogP contribution in [0.2, 0.25) is 0 Å². The van der Waals surface area contributed by atoms with Crippen LogP contribution in [0.15, 0.2) is 18.2 Å². The predicted molar refractivity (Wildman–Crippen MR) is 78.2 cm³/mol. The van der Waals surface area contributed by atoms with Gasteiger partial charge in [-0.15, -0.1) is 0 Å². The number of hydrogen-bond donors (Lipinski definition) is 0. The Morgan fingerprint density at radius 2 is 2.00 bits per heavy atom. The summed E-state index contributed by atoms with van der Waals surface area (Å²) in [5.74, 6) is -0.781. The maximum Gasteiger partial charge on any atom is 0.308 e. The summed E-state index contributed by atoms with van der Waals surface area (Å²) >= 11 is 0. The molecule has 0 bridgehead atoms. The summed E-state index contributed by atoms with van der Waals surface area (Å²) < 4.78 is 23.4. The number of amides is 1. The first-order valence-corrected chi connectivity index (χ1v) is 7.36. The van der Waals surface area contributed by atoms with Gasteiger partial charge in [0, 0.05) is 19.2 Å². The van der Waals surface area contributed by atoms with E-state index < -0.39 is 5.82 Å². The van der Waals surface area contributed by atoms with Crippen molar-refractivity contribution in [3.05, 3.63) is 29.6 Å². The topological polar surface area (TPSA) is 55.8 Å². The van der Waals surface area contributed by atoms with Gasteiger partial charge in [-0.3, -0.25) is 9.59 Å². The van der Waals surface area contributed by atoms with Crippen LogP contribution in [0.3, 0.4) is 0 Å². The molecule has 120 valence electrons. The summed E-state index contributed by atoms with van der Waals surface area (Å²) in [7, 11) is 1.37. The van der Waals surface area contributed by atoms with E-state index in [1.165, 1.54) is 25.3 Å². The van der Waals surface area contributed by atoms with Gasteiger partial charge in [0.25, 0.3) is 5.91 Å². The first kappa shape index (κ1) is 16.3. The molecule has 0 aromatic heterocycles. The molecule has 6 heteroatoms. The molecule has 0 spiro atoms. The van der Waals surface area contributed by atoms with Gasteiger partial charge in [0.1, 0.15) is 11.6 Å². The average molecular weight is 309 g/mol. The van der Waals surface area contributed by atoms with Crippen molar-refractivity contribution in [3.63, 3.8) is 0 Å². The van der Waals surface area contributed by atoms with Crippen LogP contribution in [0, 0.1) is 11.7 Å². The largest absolute Gasteiger partial charge is 0.493 e. The van der Waals surface area contributed by atoms with Gasteiger partial charge in [-0.2, -0.15) is 0 Å². The minimum absolute atomic E-state index is 0.159. The lowest BCUT2D eigenvalue weighted by Gasteiger charge is -2.31. The van der Waals surface area contributed by atoms with Gasteiger partial charge >= 0.3 is 5.97 Å². The Hall–Kier alpha value is -2.11. The molecule has 1 aromatic rings. The summed E-state index contributed by atoms with van der Waals surface area (Å²) in [5.41, 5.74) is 0.347. The van der Waals surface area contributed by atoms with Crippen LogP contribution in [-0.4, -0.2) is 43.6 Å². The number of piperidine rings is 1. The molecule has 0 atom stereocenters. The smallest absolute Gasteiger partial charge is 0.308 e. The normalized spacial score (nSPS) is 15.5. The van der Waals surface area contributed by atoms with Crippen LogP contribution in [0.4, 0.5) is 4.39 Å². The highest BCUT2D eigenvalue weighted by molar-refractivity contribution is 5.97. The molecule has 0 saturated carbocycles. The molecule has 2 rings (SSSR count). The summed E-state index contributed by atoms with van der Waals surface area (Å²) in [5, 5.41) is 0. The number of likely N-dealkylation sites (tertiary alicyclic amines) is 1. The van der Waals surface area contributed by atoms with Gasteiger partial charge < -0.3 is 14.4 Å². The van der Waals surface area contributed by atoms with Gasteiger partial charge in [0.05, 0.1) is 25.2 Å². The minimum atomic E-state index is -0.440. The number of hydrogen-bond acceptors (Lipinski definition) is 4. The SMILES string of the molecule is CCOc1cc(F)ccc1C(=O)N1CCC(C(=O)OC)CC1. The second kappa shape index (κ2) is 7.24. The van der Waals surface area contributed by atoms with Crippen LogP contribution in [0.1, 0.15) is 30.1 Å². The third kappa shape index (κ3) is 3.55. The summed E-state index contributed by atoms with van der Waals surface area (Å²) in [6, 6.07) is 3.91. The Morgan fingerprint density at radius 1 is 1.32 bits per heavy atom. The number of ether oxygens (including phenoxy) is 2. The molecular formula is C16H20FNO4. The number of halogens is 1. The van der Waals surface area contributed by atoms with E-state index in [-0.39, 0.29) is 23.5 Å². The summed E-state index contributed by atoms with van der Waals surface area (Å²) in [6.45, 7) is 3.08. The van der Waals surface area contributed by atoms with E-state index in [2.05, 4.69) is 0 Å². The van der Waals surface area contributed by atoms with Crippen LogP contribution in [0.5, 0.6) is 5.75 Å². The maximum absolute atomic E-state index is 13.3. The Balaban J connectivity index is 2.08. The fraction of sp³-hybridized carbons (Fsp3) is 0.500. The molecule has 1 aromatic carbocycles. The molecule has 1 fully saturated rings. The van der Waals surface area contributed by atoms with Crippen LogP contribution < -0.4 is 4.74 Å². The van der Waals surface area contributed by atoms with Crippen molar-refractivity contribution in [1.82, 2.24) is 4.90 Å². The monoisotopic (exact) mass is 309 g/mol. The molecule has 1 heterocycles. The van der Waals surface area contributed by atoms with Crippen molar-refractivity contribution in [3.8, 4) is 5.75 Å². The predicted octanol–water partition coefficient (Wildman–Crippen LogP) is 2.25. The standard InChI is InChI=1S/C16H20FNO4/c1-3-22-14-10-12(17)4-5-13(14)15(19)18-8-6-11(7-9-18)16(20)21-2/h4-5,10-11H,3,6-9H2,1-2H3. The molecule has 1 amide bonds. The van der Waals surface area contributed by atoms with Gasteiger partial charge in [-0.1, -0.05) is 0 Å². The maximum atomic E-state index is 13.3. The molecule has 22 heavy (non-hydrogen) atoms. The number of methoxy groups -OCH3 is 1. The zero-order chi connectivity index (χ0) is 16.1. The number of esters is 1. The lowest BCUT2D eigenvalue weighted by atomic mass is 9.96. The van der Waals surface area contributed by atoms with Crippen molar-refractivity contribution in [1.29, 1.82) is 0 Å². The van der Waals surface area contributed by atoms with E-state index >= 15 is 0 Å². The van der Waals surface area contributed by atoms with Gasteiger partial charge in [-0.25, -0.2) is 4.39 Å². The van der Waals surface area contributed by atoms with Gasteiger partial charge in [0.15, 0.2) is 0 Å². The lowest BCUT2D eigenvalue weighted by molar-refractivity contribution is -0.146. The number of rotatable bonds is 4. The lowest BCUT2D eigenvalue weighted by Crippen LogP contribution is -2.40. The second-order valence-corrected chi connectivity index (χ2v) is 5.16. The average Bonchev–Trinajstić information content (AvgIpc) is 2.54. The molecule has 0 radical (unpaired) electrons. The van der Waals surface area contributed by atoms with Crippen LogP contribution >= 0.6 is 0 Å².